The molecule has 0 aliphatic heterocycles. The van der Waals surface area contributed by atoms with Crippen LogP contribution >= 0.6 is 0 Å². The van der Waals surface area contributed by atoms with E-state index in [1.165, 1.54) is 51.4 Å². The smallest absolute Gasteiger partial charge is 0.220 e. The van der Waals surface area contributed by atoms with E-state index in [1.54, 1.807) is 6.92 Å². The van der Waals surface area contributed by atoms with Gasteiger partial charge in [-0.1, -0.05) is 54.9 Å². The van der Waals surface area contributed by atoms with Gasteiger partial charge in [0, 0.05) is 6.42 Å². The molecule has 11 unspecified atom stereocenters. The number of hydrogen-bond acceptors (Lipinski definition) is 2. The minimum atomic E-state index is -0.345. The van der Waals surface area contributed by atoms with Crippen LogP contribution in [0.4, 0.5) is 0 Å². The Morgan fingerprint density at radius 1 is 0.914 bits per heavy atom. The Balaban J connectivity index is 1.41. The molecule has 0 aromatic rings. The second kappa shape index (κ2) is 10.1. The fourth-order valence-electron chi connectivity index (χ4n) is 10.4. The Morgan fingerprint density at radius 3 is 2.23 bits per heavy atom. The Bertz CT molecular complexity index is 790. The largest absolute Gasteiger partial charge is 0.346 e. The first-order valence-electron chi connectivity index (χ1n) is 15.2. The molecule has 0 aromatic heterocycles. The first-order valence-corrected chi connectivity index (χ1v) is 15.2. The van der Waals surface area contributed by atoms with Crippen LogP contribution in [0.5, 0.6) is 0 Å². The number of carbonyl (C=O) groups is 2. The number of rotatable bonds is 7. The molecular weight excluding hydrogens is 430 g/mol. The normalized spacial score (nSPS) is 44.7. The van der Waals surface area contributed by atoms with E-state index in [0.29, 0.717) is 23.2 Å². The molecule has 3 heteroatoms. The number of amides is 1. The van der Waals surface area contributed by atoms with Crippen LogP contribution in [0.15, 0.2) is 0 Å². The van der Waals surface area contributed by atoms with Crippen LogP contribution in [0, 0.1) is 64.1 Å². The van der Waals surface area contributed by atoms with E-state index < -0.39 is 0 Å². The first-order chi connectivity index (χ1) is 16.4. The van der Waals surface area contributed by atoms with Gasteiger partial charge in [0.2, 0.25) is 5.91 Å². The summed E-state index contributed by atoms with van der Waals surface area (Å²) in [6.45, 7) is 18.4. The molecule has 0 radical (unpaired) electrons. The van der Waals surface area contributed by atoms with E-state index in [9.17, 15) is 9.59 Å². The standard InChI is InChI=1S/C32H55NO2/c1-19(2)30(23(6)34)33-28(35)12-9-21(4)25-10-11-26-29-22(5)18-24-17-20(3)13-15-31(24,7)27(29)14-16-32(25,26)8/h19-22,24-27,29-30H,9-18H2,1-8H3,(H,33,35). The lowest BCUT2D eigenvalue weighted by atomic mass is 9.42. The highest BCUT2D eigenvalue weighted by Crippen LogP contribution is 2.69. The van der Waals surface area contributed by atoms with E-state index in [1.807, 2.05) is 13.8 Å². The molecule has 4 rings (SSSR count). The second-order valence-corrected chi connectivity index (χ2v) is 14.7. The van der Waals surface area contributed by atoms with Crippen molar-refractivity contribution < 1.29 is 9.59 Å². The number of nitrogens with one attached hydrogen (secondary N) is 1. The molecule has 4 aliphatic rings. The first kappa shape index (κ1) is 27.2. The lowest BCUT2D eigenvalue weighted by Gasteiger charge is -2.63. The third-order valence-corrected chi connectivity index (χ3v) is 12.3. The topological polar surface area (TPSA) is 46.2 Å². The molecular formula is C32H55NO2. The van der Waals surface area contributed by atoms with Gasteiger partial charge in [0.25, 0.3) is 0 Å². The van der Waals surface area contributed by atoms with Crippen molar-refractivity contribution in [2.24, 2.45) is 64.1 Å². The molecule has 3 nitrogen and oxygen atoms in total. The van der Waals surface area contributed by atoms with Gasteiger partial charge in [0.05, 0.1) is 6.04 Å². The van der Waals surface area contributed by atoms with Crippen molar-refractivity contribution in [1.82, 2.24) is 5.32 Å². The van der Waals surface area contributed by atoms with Crippen molar-refractivity contribution in [1.29, 1.82) is 0 Å². The fourth-order valence-corrected chi connectivity index (χ4v) is 10.4. The van der Waals surface area contributed by atoms with Gasteiger partial charge in [-0.2, -0.15) is 0 Å². The predicted octanol–water partition coefficient (Wildman–Crippen LogP) is 7.67. The zero-order valence-electron chi connectivity index (χ0n) is 24.2. The van der Waals surface area contributed by atoms with Crippen LogP contribution in [0.1, 0.15) is 120 Å². The SMILES string of the molecule is CC(=O)C(NC(=O)CCC(C)C1CCC2C3C(C)CC4CC(C)CCC4(C)C3CCC12C)C(C)C. The second-order valence-electron chi connectivity index (χ2n) is 14.7. The van der Waals surface area contributed by atoms with Crippen LogP contribution in [0.2, 0.25) is 0 Å². The molecule has 200 valence electrons. The quantitative estimate of drug-likeness (QED) is 0.402. The molecule has 0 heterocycles. The highest BCUT2D eigenvalue weighted by atomic mass is 16.2. The summed E-state index contributed by atoms with van der Waals surface area (Å²) in [5.41, 5.74) is 1.02. The minimum Gasteiger partial charge on any atom is -0.346 e. The van der Waals surface area contributed by atoms with Crippen LogP contribution < -0.4 is 5.32 Å². The number of ketones is 1. The third kappa shape index (κ3) is 4.88. The van der Waals surface area contributed by atoms with E-state index in [-0.39, 0.29) is 23.7 Å². The lowest BCUT2D eigenvalue weighted by Crippen LogP contribution is -2.56. The Kier molecular flexibility index (Phi) is 7.87. The van der Waals surface area contributed by atoms with Gasteiger partial charge in [-0.15, -0.1) is 0 Å². The average molecular weight is 486 g/mol. The van der Waals surface area contributed by atoms with Gasteiger partial charge in [-0.3, -0.25) is 9.59 Å². The number of carbonyl (C=O) groups excluding carboxylic acids is 2. The summed E-state index contributed by atoms with van der Waals surface area (Å²) in [4.78, 5) is 24.6. The van der Waals surface area contributed by atoms with Crippen molar-refractivity contribution in [3.05, 3.63) is 0 Å². The third-order valence-electron chi connectivity index (χ3n) is 12.3. The van der Waals surface area contributed by atoms with Gasteiger partial charge < -0.3 is 5.32 Å². The van der Waals surface area contributed by atoms with E-state index in [2.05, 4.69) is 39.9 Å². The van der Waals surface area contributed by atoms with E-state index in [0.717, 1.165) is 47.8 Å². The summed E-state index contributed by atoms with van der Waals surface area (Å²) >= 11 is 0. The minimum absolute atomic E-state index is 0.0561. The van der Waals surface area contributed by atoms with E-state index >= 15 is 0 Å². The summed E-state index contributed by atoms with van der Waals surface area (Å²) in [7, 11) is 0. The van der Waals surface area contributed by atoms with Gasteiger partial charge >= 0.3 is 0 Å². The van der Waals surface area contributed by atoms with Crippen molar-refractivity contribution >= 4 is 11.7 Å². The predicted molar refractivity (Wildman–Crippen MR) is 145 cm³/mol. The lowest BCUT2D eigenvalue weighted by molar-refractivity contribution is -0.143. The molecule has 0 spiro atoms. The summed E-state index contributed by atoms with van der Waals surface area (Å²) in [5, 5.41) is 3.02. The molecule has 0 bridgehead atoms. The molecule has 0 aromatic carbocycles. The molecule has 4 fully saturated rings. The highest BCUT2D eigenvalue weighted by Gasteiger charge is 2.62. The van der Waals surface area contributed by atoms with Crippen LogP contribution in [0.3, 0.4) is 0 Å². The number of Topliss-reactive ketones (excluding diaryl/α,β-unsaturated/α-hetero) is 1. The molecule has 1 amide bonds. The van der Waals surface area contributed by atoms with Gasteiger partial charge in [0.1, 0.15) is 0 Å². The Hall–Kier alpha value is -0.860. The van der Waals surface area contributed by atoms with Crippen molar-refractivity contribution in [3.8, 4) is 0 Å². The van der Waals surface area contributed by atoms with Gasteiger partial charge in [0.15, 0.2) is 5.78 Å². The highest BCUT2D eigenvalue weighted by molar-refractivity contribution is 5.87. The summed E-state index contributed by atoms with van der Waals surface area (Å²) in [6, 6.07) is -0.345. The summed E-state index contributed by atoms with van der Waals surface area (Å²) in [5.74, 6) is 7.02. The summed E-state index contributed by atoms with van der Waals surface area (Å²) < 4.78 is 0. The zero-order chi connectivity index (χ0) is 25.7. The van der Waals surface area contributed by atoms with Gasteiger partial charge in [-0.05, 0) is 122 Å². The van der Waals surface area contributed by atoms with Crippen LogP contribution in [-0.4, -0.2) is 17.7 Å². The molecule has 1 N–H and O–H groups in total. The molecule has 11 atom stereocenters. The monoisotopic (exact) mass is 485 g/mol. The molecule has 4 saturated carbocycles. The summed E-state index contributed by atoms with van der Waals surface area (Å²) in [6.07, 6.45) is 12.9. The average Bonchev–Trinajstić information content (AvgIpc) is 3.13. The number of hydrogen-bond donors (Lipinski definition) is 1. The van der Waals surface area contributed by atoms with Crippen LogP contribution in [-0.2, 0) is 9.59 Å². The maximum absolute atomic E-state index is 12.7. The maximum atomic E-state index is 12.7. The molecule has 0 saturated heterocycles. The van der Waals surface area contributed by atoms with Gasteiger partial charge in [-0.25, -0.2) is 0 Å². The van der Waals surface area contributed by atoms with Crippen molar-refractivity contribution in [2.75, 3.05) is 0 Å². The zero-order valence-corrected chi connectivity index (χ0v) is 24.2. The van der Waals surface area contributed by atoms with Crippen LogP contribution in [0.25, 0.3) is 0 Å². The Labute approximate surface area is 216 Å². The molecule has 4 aliphatic carbocycles. The van der Waals surface area contributed by atoms with E-state index in [4.69, 9.17) is 0 Å². The van der Waals surface area contributed by atoms with Crippen molar-refractivity contribution in [3.63, 3.8) is 0 Å². The van der Waals surface area contributed by atoms with Crippen molar-refractivity contribution in [2.45, 2.75) is 126 Å². The maximum Gasteiger partial charge on any atom is 0.220 e. The number of fused-ring (bicyclic) bond motifs is 5. The fraction of sp³-hybridized carbons (Fsp3) is 0.938. The Morgan fingerprint density at radius 2 is 1.57 bits per heavy atom. The molecule has 35 heavy (non-hydrogen) atoms.